The summed E-state index contributed by atoms with van der Waals surface area (Å²) >= 11 is 0. The minimum absolute atomic E-state index is 0.209. The van der Waals surface area contributed by atoms with Gasteiger partial charge in [0.2, 0.25) is 0 Å². The summed E-state index contributed by atoms with van der Waals surface area (Å²) in [5, 5.41) is 5.06. The van der Waals surface area contributed by atoms with Crippen LogP contribution in [0.25, 0.3) is 16.5 Å². The fraction of sp³-hybridized carbons (Fsp3) is 0.130. The molecule has 5 heteroatoms. The van der Waals surface area contributed by atoms with Gasteiger partial charge in [-0.1, -0.05) is 42.2 Å². The molecule has 0 spiro atoms. The van der Waals surface area contributed by atoms with Gasteiger partial charge in [0.15, 0.2) is 0 Å². The predicted molar refractivity (Wildman–Crippen MR) is 111 cm³/mol. The van der Waals surface area contributed by atoms with E-state index >= 15 is 0 Å². The van der Waals surface area contributed by atoms with E-state index < -0.39 is 6.98 Å². The van der Waals surface area contributed by atoms with Crippen LogP contribution in [0.3, 0.4) is 0 Å². The maximum absolute atomic E-state index is 13.6. The molecule has 1 atom stereocenters. The molecule has 28 heavy (non-hydrogen) atoms. The van der Waals surface area contributed by atoms with Crippen molar-refractivity contribution in [1.29, 1.82) is 0 Å². The number of pyridine rings is 1. The average molecular weight is 371 g/mol. The average Bonchev–Trinajstić information content (AvgIpc) is 3.22. The van der Waals surface area contributed by atoms with E-state index in [0.29, 0.717) is 22.2 Å². The summed E-state index contributed by atoms with van der Waals surface area (Å²) in [6.45, 7) is -0.523. The third-order valence-corrected chi connectivity index (χ3v) is 4.48. The number of fused-ring (bicyclic) bond motifs is 1. The summed E-state index contributed by atoms with van der Waals surface area (Å²) in [4.78, 5) is 13.6. The molecule has 2 aromatic carbocycles. The van der Waals surface area contributed by atoms with Gasteiger partial charge < -0.3 is 5.73 Å². The van der Waals surface area contributed by atoms with Gasteiger partial charge >= 0.3 is 0 Å². The summed E-state index contributed by atoms with van der Waals surface area (Å²) in [5.74, 6) is 5.92. The molecule has 5 nitrogen and oxygen atoms in total. The summed E-state index contributed by atoms with van der Waals surface area (Å²) < 4.78 is 24.7. The molecule has 0 amide bonds. The van der Waals surface area contributed by atoms with Gasteiger partial charge in [-0.3, -0.25) is 14.0 Å². The number of hydrogen-bond donors (Lipinski definition) is 1. The molecule has 0 bridgehead atoms. The zero-order chi connectivity index (χ0) is 22.2. The van der Waals surface area contributed by atoms with Crippen molar-refractivity contribution in [3.05, 3.63) is 94.2 Å². The lowest BCUT2D eigenvalue weighted by molar-refractivity contribution is 0.734. The number of aromatic nitrogens is 3. The number of para-hydroxylation sites is 1. The van der Waals surface area contributed by atoms with Gasteiger partial charge in [-0.05, 0) is 36.6 Å². The van der Waals surface area contributed by atoms with Crippen LogP contribution in [-0.4, -0.2) is 14.3 Å². The number of hydrogen-bond acceptors (Lipinski definition) is 3. The number of benzene rings is 2. The number of nitrogens with two attached hydrogens (primary N) is 1. The molecular weight excluding hydrogens is 348 g/mol. The van der Waals surface area contributed by atoms with Crippen molar-refractivity contribution < 1.29 is 4.11 Å². The Kier molecular flexibility index (Phi) is 3.70. The van der Waals surface area contributed by atoms with Crippen molar-refractivity contribution >= 4 is 10.8 Å². The van der Waals surface area contributed by atoms with Crippen LogP contribution < -0.4 is 11.3 Å². The first-order valence-electron chi connectivity index (χ1n) is 10.3. The normalized spacial score (nSPS) is 13.9. The van der Waals surface area contributed by atoms with Gasteiger partial charge in [0, 0.05) is 40.3 Å². The van der Waals surface area contributed by atoms with Gasteiger partial charge in [0.25, 0.3) is 5.56 Å². The van der Waals surface area contributed by atoms with Gasteiger partial charge in [0.05, 0.1) is 17.1 Å². The zero-order valence-electron chi connectivity index (χ0n) is 18.3. The Morgan fingerprint density at radius 1 is 1.14 bits per heavy atom. The standard InChI is InChI=1S/C23H20N4O/c1-16(24)21-13-19-8-6-7-18(12-11-17-14-25-26(2)15-17)22(19)23(28)27(21)20-9-4-3-5-10-20/h3-10,13-16H,24H2,1-2H3/t16-/m0/s1/i2D3. The molecule has 0 aliphatic rings. The highest BCUT2D eigenvalue weighted by molar-refractivity contribution is 5.88. The van der Waals surface area contributed by atoms with E-state index in [-0.39, 0.29) is 11.6 Å². The lowest BCUT2D eigenvalue weighted by Crippen LogP contribution is -2.26. The lowest BCUT2D eigenvalue weighted by Gasteiger charge is -2.17. The molecule has 0 aliphatic carbocycles. The first-order chi connectivity index (χ1) is 14.8. The molecule has 0 aliphatic heterocycles. The summed E-state index contributed by atoms with van der Waals surface area (Å²) in [5.41, 5.74) is 8.39. The highest BCUT2D eigenvalue weighted by atomic mass is 16.1. The monoisotopic (exact) mass is 371 g/mol. The van der Waals surface area contributed by atoms with E-state index in [4.69, 9.17) is 9.85 Å². The summed E-state index contributed by atoms with van der Waals surface area (Å²) in [7, 11) is 0. The molecule has 0 unspecified atom stereocenters. The Labute approximate surface area is 167 Å². The van der Waals surface area contributed by atoms with Crippen molar-refractivity contribution in [3.63, 3.8) is 0 Å². The molecule has 4 rings (SSSR count). The van der Waals surface area contributed by atoms with Crippen LogP contribution in [0, 0.1) is 11.8 Å². The predicted octanol–water partition coefficient (Wildman–Crippen LogP) is 3.14. The zero-order valence-corrected chi connectivity index (χ0v) is 15.3. The van der Waals surface area contributed by atoms with E-state index in [0.717, 1.165) is 15.8 Å². The Balaban J connectivity index is 1.91. The third-order valence-electron chi connectivity index (χ3n) is 4.48. The molecule has 0 saturated carbocycles. The van der Waals surface area contributed by atoms with E-state index in [1.54, 1.807) is 10.6 Å². The van der Waals surface area contributed by atoms with Crippen LogP contribution in [-0.2, 0) is 6.98 Å². The minimum Gasteiger partial charge on any atom is -0.323 e. The van der Waals surface area contributed by atoms with Crippen molar-refractivity contribution in [2.24, 2.45) is 12.7 Å². The molecule has 2 aromatic heterocycles. The minimum atomic E-state index is -2.36. The second kappa shape index (κ2) is 7.18. The Bertz CT molecular complexity index is 1370. The molecule has 138 valence electrons. The largest absolute Gasteiger partial charge is 0.323 e. The fourth-order valence-corrected chi connectivity index (χ4v) is 3.19. The van der Waals surface area contributed by atoms with E-state index in [1.165, 1.54) is 12.4 Å². The Morgan fingerprint density at radius 2 is 1.96 bits per heavy atom. The highest BCUT2D eigenvalue weighted by Crippen LogP contribution is 2.22. The fourth-order valence-electron chi connectivity index (χ4n) is 3.19. The van der Waals surface area contributed by atoms with E-state index in [2.05, 4.69) is 16.9 Å². The van der Waals surface area contributed by atoms with Crippen LogP contribution in [0.15, 0.2) is 71.8 Å². The number of nitrogens with zero attached hydrogens (tertiary/aromatic N) is 3. The Hall–Kier alpha value is -3.62. The molecule has 2 heterocycles. The maximum atomic E-state index is 13.6. The van der Waals surface area contributed by atoms with E-state index in [1.807, 2.05) is 55.5 Å². The van der Waals surface area contributed by atoms with Crippen LogP contribution in [0.1, 0.15) is 33.9 Å². The van der Waals surface area contributed by atoms with Crippen molar-refractivity contribution in [3.8, 4) is 17.5 Å². The van der Waals surface area contributed by atoms with Crippen molar-refractivity contribution in [2.45, 2.75) is 13.0 Å². The van der Waals surface area contributed by atoms with Crippen LogP contribution in [0.5, 0.6) is 0 Å². The maximum Gasteiger partial charge on any atom is 0.264 e. The molecule has 0 fully saturated rings. The second-order valence-electron chi connectivity index (χ2n) is 6.53. The van der Waals surface area contributed by atoms with Crippen LogP contribution in [0.4, 0.5) is 0 Å². The highest BCUT2D eigenvalue weighted by Gasteiger charge is 2.15. The summed E-state index contributed by atoms with van der Waals surface area (Å²) in [6.07, 6.45) is 2.75. The SMILES string of the molecule is [2H]C([2H])([2H])n1cc(C#Cc2cccc3cc([C@H](C)N)n(-c4ccccc4)c(=O)c23)cn1. The molecule has 0 saturated heterocycles. The van der Waals surface area contributed by atoms with Gasteiger partial charge in [-0.2, -0.15) is 5.10 Å². The molecular formula is C23H20N4O. The third kappa shape index (κ3) is 3.22. The smallest absolute Gasteiger partial charge is 0.264 e. The summed E-state index contributed by atoms with van der Waals surface area (Å²) in [6, 6.07) is 16.3. The van der Waals surface area contributed by atoms with E-state index in [9.17, 15) is 4.79 Å². The molecule has 0 radical (unpaired) electrons. The van der Waals surface area contributed by atoms with Crippen LogP contribution in [0.2, 0.25) is 0 Å². The van der Waals surface area contributed by atoms with Crippen LogP contribution >= 0.6 is 0 Å². The van der Waals surface area contributed by atoms with Crippen molar-refractivity contribution in [2.75, 3.05) is 0 Å². The number of aryl methyl sites for hydroxylation is 1. The van der Waals surface area contributed by atoms with Crippen molar-refractivity contribution in [1.82, 2.24) is 14.3 Å². The quantitative estimate of drug-likeness (QED) is 0.551. The first kappa shape index (κ1) is 14.4. The van der Waals surface area contributed by atoms with Gasteiger partial charge in [-0.15, -0.1) is 0 Å². The number of rotatable bonds is 2. The van der Waals surface area contributed by atoms with Gasteiger partial charge in [-0.25, -0.2) is 0 Å². The topological polar surface area (TPSA) is 65.8 Å². The Morgan fingerprint density at radius 3 is 2.68 bits per heavy atom. The van der Waals surface area contributed by atoms with Gasteiger partial charge in [0.1, 0.15) is 0 Å². The first-order valence-corrected chi connectivity index (χ1v) is 8.82. The molecule has 4 aromatic rings. The second-order valence-corrected chi connectivity index (χ2v) is 6.53. The molecule has 2 N–H and O–H groups in total. The lowest BCUT2D eigenvalue weighted by atomic mass is 10.0.